The molecule has 2 aromatic rings. The topological polar surface area (TPSA) is 29.1 Å². The second-order valence-electron chi connectivity index (χ2n) is 7.71. The summed E-state index contributed by atoms with van der Waals surface area (Å²) in [5.74, 6) is -0.0783. The minimum absolute atomic E-state index is 0.0783. The third kappa shape index (κ3) is 6.33. The fourth-order valence-corrected chi connectivity index (χ4v) is 4.08. The van der Waals surface area contributed by atoms with Crippen LogP contribution in [0.2, 0.25) is 0 Å². The minimum Gasteiger partial charge on any atom is -0.348 e. The van der Waals surface area contributed by atoms with E-state index < -0.39 is 0 Å². The number of amides is 1. The Labute approximate surface area is 170 Å². The second-order valence-corrected chi connectivity index (χ2v) is 8.62. The summed E-state index contributed by atoms with van der Waals surface area (Å²) in [6, 6.07) is 16.5. The highest BCUT2D eigenvalue weighted by Gasteiger charge is 2.24. The lowest BCUT2D eigenvalue weighted by Crippen LogP contribution is -2.46. The van der Waals surface area contributed by atoms with Gasteiger partial charge in [0, 0.05) is 22.7 Å². The van der Waals surface area contributed by atoms with Crippen molar-refractivity contribution >= 4 is 27.9 Å². The molecule has 1 saturated heterocycles. The van der Waals surface area contributed by atoms with Gasteiger partial charge in [-0.25, -0.2) is 0 Å². The molecule has 0 saturated carbocycles. The number of halogens is 1. The fraction of sp³-hybridized carbons (Fsp3) is 0.348. The van der Waals surface area contributed by atoms with Gasteiger partial charge in [0.2, 0.25) is 5.91 Å². The van der Waals surface area contributed by atoms with E-state index in [1.807, 2.05) is 30.3 Å². The third-order valence-electron chi connectivity index (χ3n) is 5.23. The predicted octanol–water partition coefficient (Wildman–Crippen LogP) is 4.91. The second kappa shape index (κ2) is 9.34. The fourth-order valence-electron chi connectivity index (χ4n) is 3.67. The van der Waals surface area contributed by atoms with Crippen molar-refractivity contribution < 1.29 is 9.28 Å². The van der Waals surface area contributed by atoms with E-state index in [0.29, 0.717) is 6.54 Å². The maximum absolute atomic E-state index is 12.0. The van der Waals surface area contributed by atoms with Gasteiger partial charge in [0.05, 0.1) is 20.1 Å². The summed E-state index contributed by atoms with van der Waals surface area (Å²) in [6.07, 6.45) is 7.47. The third-order valence-corrected chi connectivity index (χ3v) is 5.72. The number of hydrogen-bond acceptors (Lipinski definition) is 1. The van der Waals surface area contributed by atoms with Gasteiger partial charge in [-0.15, -0.1) is 0 Å². The molecule has 0 spiro atoms. The molecule has 1 heterocycles. The highest BCUT2D eigenvalue weighted by Crippen LogP contribution is 2.20. The van der Waals surface area contributed by atoms with Gasteiger partial charge < -0.3 is 9.80 Å². The first kappa shape index (κ1) is 19.8. The van der Waals surface area contributed by atoms with Gasteiger partial charge in [0.15, 0.2) is 0 Å². The molecule has 0 radical (unpaired) electrons. The van der Waals surface area contributed by atoms with Crippen LogP contribution >= 0.6 is 15.9 Å². The van der Waals surface area contributed by atoms with Gasteiger partial charge >= 0.3 is 0 Å². The zero-order valence-electron chi connectivity index (χ0n) is 16.0. The molecule has 3 nitrogen and oxygen atoms in total. The number of nitrogens with one attached hydrogen (secondary N) is 1. The van der Waals surface area contributed by atoms with Crippen molar-refractivity contribution in [2.75, 3.05) is 20.1 Å². The molecule has 0 bridgehead atoms. The average Bonchev–Trinajstić information content (AvgIpc) is 2.66. The van der Waals surface area contributed by atoms with Crippen molar-refractivity contribution in [3.8, 4) is 0 Å². The quantitative estimate of drug-likeness (QED) is 0.514. The molecule has 1 N–H and O–H groups in total. The Bertz CT molecular complexity index is 792. The molecule has 0 aromatic heterocycles. The number of nitrogens with zero attached hydrogens (tertiary/aromatic N) is 1. The summed E-state index contributed by atoms with van der Waals surface area (Å²) in [5.41, 5.74) is 3.51. The normalized spacial score (nSPS) is 16.4. The van der Waals surface area contributed by atoms with Crippen molar-refractivity contribution in [3.05, 3.63) is 75.8 Å². The van der Waals surface area contributed by atoms with E-state index in [4.69, 9.17) is 0 Å². The van der Waals surface area contributed by atoms with Gasteiger partial charge in [-0.1, -0.05) is 52.3 Å². The van der Waals surface area contributed by atoms with Gasteiger partial charge in [0.25, 0.3) is 0 Å². The van der Waals surface area contributed by atoms with Gasteiger partial charge in [-0.2, -0.15) is 0 Å². The molecule has 1 aliphatic heterocycles. The maximum atomic E-state index is 12.0. The first-order chi connectivity index (χ1) is 13.0. The highest BCUT2D eigenvalue weighted by atomic mass is 79.9. The Morgan fingerprint density at radius 3 is 2.48 bits per heavy atom. The minimum atomic E-state index is -0.0783. The molecule has 1 amide bonds. The lowest BCUT2D eigenvalue weighted by atomic mass is 10.1. The summed E-state index contributed by atoms with van der Waals surface area (Å²) >= 11 is 3.44. The molecule has 142 valence electrons. The largest absolute Gasteiger partial charge is 0.348 e. The van der Waals surface area contributed by atoms with Gasteiger partial charge in [-0.05, 0) is 48.6 Å². The number of piperidine rings is 1. The molecule has 0 unspecified atom stereocenters. The van der Waals surface area contributed by atoms with Crippen LogP contribution in [0, 0.1) is 0 Å². The average molecular weight is 428 g/mol. The Kier molecular flexibility index (Phi) is 6.86. The van der Waals surface area contributed by atoms with Gasteiger partial charge in [-0.3, -0.25) is 4.79 Å². The predicted molar refractivity (Wildman–Crippen MR) is 115 cm³/mol. The van der Waals surface area contributed by atoms with E-state index in [9.17, 15) is 4.79 Å². The molecule has 1 aliphatic rings. The molecule has 4 heteroatoms. The van der Waals surface area contributed by atoms with Crippen LogP contribution in [-0.4, -0.2) is 30.5 Å². The van der Waals surface area contributed by atoms with Crippen LogP contribution in [0.3, 0.4) is 0 Å². The molecular formula is C23H28BrN2O+. The van der Waals surface area contributed by atoms with E-state index in [-0.39, 0.29) is 5.91 Å². The Morgan fingerprint density at radius 2 is 1.78 bits per heavy atom. The summed E-state index contributed by atoms with van der Waals surface area (Å²) in [5, 5.41) is 2.95. The lowest BCUT2D eigenvalue weighted by molar-refractivity contribution is -0.926. The smallest absolute Gasteiger partial charge is 0.244 e. The summed E-state index contributed by atoms with van der Waals surface area (Å²) in [7, 11) is 2.37. The Hall–Kier alpha value is -1.91. The molecule has 2 aromatic carbocycles. The van der Waals surface area contributed by atoms with Crippen LogP contribution < -0.4 is 5.32 Å². The van der Waals surface area contributed by atoms with Crippen LogP contribution in [0.5, 0.6) is 0 Å². The highest BCUT2D eigenvalue weighted by molar-refractivity contribution is 9.10. The van der Waals surface area contributed by atoms with E-state index >= 15 is 0 Å². The standard InChI is InChI=1S/C23H27BrN2O/c1-26(14-3-2-4-15-26)18-21-10-8-20(9-11-21)17-25-23(27)13-12-19-6-5-7-22(24)16-19/h5-13,16H,2-4,14-15,17-18H2,1H3/p+1/b13-12+. The van der Waals surface area contributed by atoms with Crippen molar-refractivity contribution in [2.24, 2.45) is 0 Å². The van der Waals surface area contributed by atoms with E-state index in [2.05, 4.69) is 52.6 Å². The lowest BCUT2D eigenvalue weighted by Gasteiger charge is -2.37. The summed E-state index contributed by atoms with van der Waals surface area (Å²) in [6.45, 7) is 4.21. The summed E-state index contributed by atoms with van der Waals surface area (Å²) < 4.78 is 2.15. The molecule has 0 aliphatic carbocycles. The number of benzene rings is 2. The number of likely N-dealkylation sites (tertiary alicyclic amines) is 1. The molecular weight excluding hydrogens is 400 g/mol. The van der Waals surface area contributed by atoms with E-state index in [1.165, 1.54) is 37.9 Å². The van der Waals surface area contributed by atoms with Crippen LogP contribution in [0.4, 0.5) is 0 Å². The maximum Gasteiger partial charge on any atom is 0.244 e. The van der Waals surface area contributed by atoms with Crippen LogP contribution in [0.15, 0.2) is 59.1 Å². The van der Waals surface area contributed by atoms with Crippen LogP contribution in [0.25, 0.3) is 6.08 Å². The van der Waals surface area contributed by atoms with Crippen molar-refractivity contribution in [1.29, 1.82) is 0 Å². The van der Waals surface area contributed by atoms with Crippen molar-refractivity contribution in [3.63, 3.8) is 0 Å². The molecule has 27 heavy (non-hydrogen) atoms. The van der Waals surface area contributed by atoms with Crippen LogP contribution in [-0.2, 0) is 17.9 Å². The molecule has 0 atom stereocenters. The van der Waals surface area contributed by atoms with E-state index in [1.54, 1.807) is 6.08 Å². The Balaban J connectivity index is 1.48. The number of carbonyl (C=O) groups is 1. The van der Waals surface area contributed by atoms with Gasteiger partial charge in [0.1, 0.15) is 6.54 Å². The summed E-state index contributed by atoms with van der Waals surface area (Å²) in [4.78, 5) is 12.0. The molecule has 3 rings (SSSR count). The van der Waals surface area contributed by atoms with E-state index in [0.717, 1.165) is 26.6 Å². The number of quaternary nitrogens is 1. The zero-order chi connectivity index (χ0) is 19.1. The zero-order valence-corrected chi connectivity index (χ0v) is 17.5. The van der Waals surface area contributed by atoms with Crippen molar-refractivity contribution in [2.45, 2.75) is 32.4 Å². The number of carbonyl (C=O) groups excluding carboxylic acids is 1. The van der Waals surface area contributed by atoms with Crippen LogP contribution in [0.1, 0.15) is 36.0 Å². The van der Waals surface area contributed by atoms with Crippen molar-refractivity contribution in [1.82, 2.24) is 5.32 Å². The Morgan fingerprint density at radius 1 is 1.07 bits per heavy atom. The first-order valence-corrected chi connectivity index (χ1v) is 10.4. The number of rotatable bonds is 6. The first-order valence-electron chi connectivity index (χ1n) is 9.65. The SMILES string of the molecule is C[N+]1(Cc2ccc(CNC(=O)/C=C/c3cccc(Br)c3)cc2)CCCCC1. The number of hydrogen-bond donors (Lipinski definition) is 1. The monoisotopic (exact) mass is 427 g/mol. The molecule has 1 fully saturated rings.